The second kappa shape index (κ2) is 8.67. The SMILES string of the molecule is O=C(N/N=C/c1ccc2c(c1)OCO2)c1ccccc1OCc1ccccc1Cl. The van der Waals surface area contributed by atoms with Gasteiger partial charge in [0.1, 0.15) is 12.4 Å². The van der Waals surface area contributed by atoms with Crippen molar-refractivity contribution in [2.45, 2.75) is 6.61 Å². The molecule has 6 nitrogen and oxygen atoms in total. The first-order chi connectivity index (χ1) is 14.2. The predicted molar refractivity (Wildman–Crippen MR) is 110 cm³/mol. The van der Waals surface area contributed by atoms with E-state index in [0.29, 0.717) is 27.8 Å². The maximum atomic E-state index is 12.5. The van der Waals surface area contributed by atoms with Crippen molar-refractivity contribution in [3.8, 4) is 17.2 Å². The van der Waals surface area contributed by atoms with Gasteiger partial charge in [0.25, 0.3) is 5.91 Å². The van der Waals surface area contributed by atoms with Crippen LogP contribution >= 0.6 is 11.6 Å². The van der Waals surface area contributed by atoms with Crippen LogP contribution in [0.3, 0.4) is 0 Å². The van der Waals surface area contributed by atoms with Crippen LogP contribution in [-0.2, 0) is 6.61 Å². The van der Waals surface area contributed by atoms with Crippen molar-refractivity contribution >= 4 is 23.7 Å². The zero-order valence-electron chi connectivity index (χ0n) is 15.3. The molecule has 1 aliphatic heterocycles. The molecule has 0 unspecified atom stereocenters. The van der Waals surface area contributed by atoms with E-state index < -0.39 is 0 Å². The highest BCUT2D eigenvalue weighted by Gasteiger charge is 2.14. The lowest BCUT2D eigenvalue weighted by Crippen LogP contribution is -2.18. The molecule has 0 saturated heterocycles. The molecule has 0 bridgehead atoms. The largest absolute Gasteiger partial charge is 0.488 e. The first-order valence-corrected chi connectivity index (χ1v) is 9.27. The average molecular weight is 409 g/mol. The molecule has 0 spiro atoms. The van der Waals surface area contributed by atoms with Crippen LogP contribution in [0.5, 0.6) is 17.2 Å². The van der Waals surface area contributed by atoms with E-state index in [0.717, 1.165) is 11.1 Å². The van der Waals surface area contributed by atoms with Crippen LogP contribution in [0.15, 0.2) is 71.8 Å². The van der Waals surface area contributed by atoms with Crippen molar-refractivity contribution < 1.29 is 19.0 Å². The third-order valence-electron chi connectivity index (χ3n) is 4.25. The fourth-order valence-corrected chi connectivity index (χ4v) is 2.96. The fourth-order valence-electron chi connectivity index (χ4n) is 2.77. The molecule has 3 aromatic carbocycles. The number of amides is 1. The summed E-state index contributed by atoms with van der Waals surface area (Å²) in [5.41, 5.74) is 4.51. The lowest BCUT2D eigenvalue weighted by atomic mass is 10.2. The van der Waals surface area contributed by atoms with Gasteiger partial charge in [0, 0.05) is 10.6 Å². The van der Waals surface area contributed by atoms with E-state index >= 15 is 0 Å². The van der Waals surface area contributed by atoms with E-state index in [1.807, 2.05) is 24.3 Å². The van der Waals surface area contributed by atoms with Gasteiger partial charge in [-0.05, 0) is 42.0 Å². The predicted octanol–water partition coefficient (Wildman–Crippen LogP) is 4.41. The van der Waals surface area contributed by atoms with Gasteiger partial charge < -0.3 is 14.2 Å². The number of halogens is 1. The second-order valence-electron chi connectivity index (χ2n) is 6.19. The summed E-state index contributed by atoms with van der Waals surface area (Å²) in [6.07, 6.45) is 1.53. The number of hydrogen-bond acceptors (Lipinski definition) is 5. The number of carbonyl (C=O) groups excluding carboxylic acids is 1. The Kier molecular flexibility index (Phi) is 5.63. The highest BCUT2D eigenvalue weighted by Crippen LogP contribution is 2.32. The summed E-state index contributed by atoms with van der Waals surface area (Å²) in [6, 6.07) is 19.8. The third kappa shape index (κ3) is 4.50. The standard InChI is InChI=1S/C22H17ClN2O4/c23-18-7-3-1-5-16(18)13-27-19-8-4-2-6-17(19)22(26)25-24-12-15-9-10-20-21(11-15)29-14-28-20/h1-12H,13-14H2,(H,25,26)/b24-12+. The van der Waals surface area contributed by atoms with Crippen molar-refractivity contribution in [1.29, 1.82) is 0 Å². The lowest BCUT2D eigenvalue weighted by molar-refractivity contribution is 0.0950. The van der Waals surface area contributed by atoms with Crippen molar-refractivity contribution in [1.82, 2.24) is 5.43 Å². The normalized spacial score (nSPS) is 12.2. The summed E-state index contributed by atoms with van der Waals surface area (Å²) in [5, 5.41) is 4.63. The van der Waals surface area contributed by atoms with Crippen molar-refractivity contribution in [3.63, 3.8) is 0 Å². The summed E-state index contributed by atoms with van der Waals surface area (Å²) in [6.45, 7) is 0.460. The Morgan fingerprint density at radius 2 is 1.86 bits per heavy atom. The molecule has 1 N–H and O–H groups in total. The maximum absolute atomic E-state index is 12.5. The van der Waals surface area contributed by atoms with E-state index in [1.165, 1.54) is 6.21 Å². The fraction of sp³-hybridized carbons (Fsp3) is 0.0909. The van der Waals surface area contributed by atoms with Crippen LogP contribution < -0.4 is 19.6 Å². The Labute approximate surface area is 172 Å². The van der Waals surface area contributed by atoms with Crippen LogP contribution in [0, 0.1) is 0 Å². The Morgan fingerprint density at radius 3 is 2.76 bits per heavy atom. The molecular weight excluding hydrogens is 392 g/mol. The van der Waals surface area contributed by atoms with Gasteiger partial charge in [-0.15, -0.1) is 0 Å². The van der Waals surface area contributed by atoms with Crippen LogP contribution in [0.1, 0.15) is 21.5 Å². The summed E-state index contributed by atoms with van der Waals surface area (Å²) in [5.74, 6) is 1.41. The Hall–Kier alpha value is -3.51. The summed E-state index contributed by atoms with van der Waals surface area (Å²) < 4.78 is 16.4. The minimum Gasteiger partial charge on any atom is -0.488 e. The van der Waals surface area contributed by atoms with Crippen LogP contribution in [0.25, 0.3) is 0 Å². The molecule has 0 saturated carbocycles. The first-order valence-electron chi connectivity index (χ1n) is 8.89. The van der Waals surface area contributed by atoms with Gasteiger partial charge >= 0.3 is 0 Å². The minimum absolute atomic E-state index is 0.206. The van der Waals surface area contributed by atoms with Gasteiger partial charge in [0.15, 0.2) is 11.5 Å². The number of hydrazone groups is 1. The van der Waals surface area contributed by atoms with Crippen molar-refractivity contribution in [2.75, 3.05) is 6.79 Å². The van der Waals surface area contributed by atoms with Crippen LogP contribution in [0.4, 0.5) is 0 Å². The molecule has 1 aliphatic rings. The smallest absolute Gasteiger partial charge is 0.275 e. The third-order valence-corrected chi connectivity index (χ3v) is 4.62. The van der Waals surface area contributed by atoms with E-state index in [1.54, 1.807) is 42.5 Å². The minimum atomic E-state index is -0.378. The maximum Gasteiger partial charge on any atom is 0.275 e. The van der Waals surface area contributed by atoms with Gasteiger partial charge in [-0.2, -0.15) is 5.10 Å². The zero-order chi connectivity index (χ0) is 20.1. The summed E-state index contributed by atoms with van der Waals surface area (Å²) >= 11 is 6.16. The number of nitrogens with one attached hydrogen (secondary N) is 1. The van der Waals surface area contributed by atoms with Gasteiger partial charge in [0.2, 0.25) is 6.79 Å². The average Bonchev–Trinajstić information content (AvgIpc) is 3.21. The van der Waals surface area contributed by atoms with E-state index in [2.05, 4.69) is 10.5 Å². The molecule has 1 heterocycles. The van der Waals surface area contributed by atoms with Gasteiger partial charge in [-0.3, -0.25) is 4.79 Å². The van der Waals surface area contributed by atoms with Crippen molar-refractivity contribution in [2.24, 2.45) is 5.10 Å². The summed E-state index contributed by atoms with van der Waals surface area (Å²) in [7, 11) is 0. The topological polar surface area (TPSA) is 69.2 Å². The molecule has 7 heteroatoms. The highest BCUT2D eigenvalue weighted by atomic mass is 35.5. The molecule has 0 atom stereocenters. The quantitative estimate of drug-likeness (QED) is 0.484. The van der Waals surface area contributed by atoms with E-state index in [4.69, 9.17) is 25.8 Å². The molecule has 4 rings (SSSR count). The number of fused-ring (bicyclic) bond motifs is 1. The number of benzene rings is 3. The van der Waals surface area contributed by atoms with Gasteiger partial charge in [0.05, 0.1) is 11.8 Å². The van der Waals surface area contributed by atoms with Crippen LogP contribution in [-0.4, -0.2) is 18.9 Å². The molecule has 0 fully saturated rings. The second-order valence-corrected chi connectivity index (χ2v) is 6.60. The Balaban J connectivity index is 1.41. The summed E-state index contributed by atoms with van der Waals surface area (Å²) in [4.78, 5) is 12.5. The molecule has 1 amide bonds. The van der Waals surface area contributed by atoms with Crippen LogP contribution in [0.2, 0.25) is 5.02 Å². The molecule has 0 aliphatic carbocycles. The number of rotatable bonds is 6. The number of para-hydroxylation sites is 1. The highest BCUT2D eigenvalue weighted by molar-refractivity contribution is 6.31. The number of carbonyl (C=O) groups is 1. The van der Waals surface area contributed by atoms with Crippen molar-refractivity contribution in [3.05, 3.63) is 88.4 Å². The van der Waals surface area contributed by atoms with E-state index in [-0.39, 0.29) is 19.3 Å². The Bertz CT molecular complexity index is 1070. The molecule has 29 heavy (non-hydrogen) atoms. The first kappa shape index (κ1) is 18.8. The molecule has 0 aromatic heterocycles. The number of nitrogens with zero attached hydrogens (tertiary/aromatic N) is 1. The number of hydrogen-bond donors (Lipinski definition) is 1. The molecule has 0 radical (unpaired) electrons. The zero-order valence-corrected chi connectivity index (χ0v) is 16.1. The molecule has 146 valence electrons. The lowest BCUT2D eigenvalue weighted by Gasteiger charge is -2.11. The van der Waals surface area contributed by atoms with Gasteiger partial charge in [-0.1, -0.05) is 41.9 Å². The molecular formula is C22H17ClN2O4. The Morgan fingerprint density at radius 1 is 1.07 bits per heavy atom. The number of ether oxygens (including phenoxy) is 3. The van der Waals surface area contributed by atoms with E-state index in [9.17, 15) is 4.79 Å². The monoisotopic (exact) mass is 408 g/mol. The molecule has 3 aromatic rings. The van der Waals surface area contributed by atoms with Gasteiger partial charge in [-0.25, -0.2) is 5.43 Å².